The minimum Gasteiger partial charge on any atom is -0.372 e. The number of nitrogens with one attached hydrogen (secondary N) is 2. The van der Waals surface area contributed by atoms with E-state index in [0.717, 1.165) is 18.8 Å². The largest absolute Gasteiger partial charge is 0.372 e. The van der Waals surface area contributed by atoms with Crippen molar-refractivity contribution in [1.82, 2.24) is 5.32 Å². The molecule has 0 aliphatic rings. The summed E-state index contributed by atoms with van der Waals surface area (Å²) < 4.78 is 0. The summed E-state index contributed by atoms with van der Waals surface area (Å²) in [7, 11) is 0. The van der Waals surface area contributed by atoms with Crippen LogP contribution in [0.5, 0.6) is 0 Å². The van der Waals surface area contributed by atoms with Crippen molar-refractivity contribution in [2.75, 3.05) is 23.3 Å². The number of nitrogens with zero attached hydrogens (tertiary/aromatic N) is 2. The lowest BCUT2D eigenvalue weighted by molar-refractivity contribution is -0.384. The molecule has 0 aromatic heterocycles. The maximum absolute atomic E-state index is 12.7. The van der Waals surface area contributed by atoms with E-state index in [0.29, 0.717) is 11.3 Å². The number of carbonyl (C=O) groups is 2. The lowest BCUT2D eigenvalue weighted by Gasteiger charge is -2.21. The zero-order valence-electron chi connectivity index (χ0n) is 16.6. The molecular formula is C21H24N4O4. The van der Waals surface area contributed by atoms with Gasteiger partial charge < -0.3 is 15.5 Å². The van der Waals surface area contributed by atoms with Gasteiger partial charge >= 0.3 is 0 Å². The molecule has 0 saturated carbocycles. The molecule has 8 nitrogen and oxygen atoms in total. The lowest BCUT2D eigenvalue weighted by Crippen LogP contribution is -2.29. The number of carbonyl (C=O) groups excluding carboxylic acids is 2. The first-order valence-electron chi connectivity index (χ1n) is 9.24. The number of hydrogen-bond acceptors (Lipinski definition) is 5. The van der Waals surface area contributed by atoms with Gasteiger partial charge in [0.2, 0.25) is 5.91 Å². The monoisotopic (exact) mass is 396 g/mol. The highest BCUT2D eigenvalue weighted by atomic mass is 16.6. The summed E-state index contributed by atoms with van der Waals surface area (Å²) >= 11 is 0. The predicted octanol–water partition coefficient (Wildman–Crippen LogP) is 3.56. The summed E-state index contributed by atoms with van der Waals surface area (Å²) in [6.45, 7) is 7.17. The van der Waals surface area contributed by atoms with Gasteiger partial charge in [-0.3, -0.25) is 19.7 Å². The van der Waals surface area contributed by atoms with Gasteiger partial charge in [0, 0.05) is 43.5 Å². The molecule has 0 saturated heterocycles. The maximum atomic E-state index is 12.7. The molecular weight excluding hydrogens is 372 g/mol. The third-order valence-corrected chi connectivity index (χ3v) is 4.20. The maximum Gasteiger partial charge on any atom is 0.272 e. The van der Waals surface area contributed by atoms with Crippen LogP contribution in [0.25, 0.3) is 6.08 Å². The van der Waals surface area contributed by atoms with Crippen molar-refractivity contribution in [1.29, 1.82) is 0 Å². The fourth-order valence-corrected chi connectivity index (χ4v) is 2.79. The fourth-order valence-electron chi connectivity index (χ4n) is 2.79. The van der Waals surface area contributed by atoms with E-state index in [1.54, 1.807) is 18.2 Å². The van der Waals surface area contributed by atoms with Crippen LogP contribution >= 0.6 is 0 Å². The second-order valence-corrected chi connectivity index (χ2v) is 6.26. The number of benzene rings is 2. The normalized spacial score (nSPS) is 10.9. The Balaban J connectivity index is 2.24. The number of non-ortho nitro benzene ring substituents is 1. The minimum absolute atomic E-state index is 0.00850. The third-order valence-electron chi connectivity index (χ3n) is 4.20. The summed E-state index contributed by atoms with van der Waals surface area (Å²) in [6.07, 6.45) is 1.40. The van der Waals surface area contributed by atoms with Crippen molar-refractivity contribution in [3.63, 3.8) is 0 Å². The van der Waals surface area contributed by atoms with Crippen LogP contribution in [-0.4, -0.2) is 29.8 Å². The molecule has 29 heavy (non-hydrogen) atoms. The topological polar surface area (TPSA) is 105 Å². The molecule has 0 bridgehead atoms. The minimum atomic E-state index is -0.526. The second-order valence-electron chi connectivity index (χ2n) is 6.26. The number of nitro groups is 1. The molecule has 2 amide bonds. The van der Waals surface area contributed by atoms with Crippen molar-refractivity contribution >= 4 is 35.0 Å². The van der Waals surface area contributed by atoms with E-state index in [1.165, 1.54) is 31.2 Å². The molecule has 0 heterocycles. The highest BCUT2D eigenvalue weighted by Gasteiger charge is 2.13. The van der Waals surface area contributed by atoms with Crippen molar-refractivity contribution in [2.45, 2.75) is 20.8 Å². The van der Waals surface area contributed by atoms with Crippen LogP contribution < -0.4 is 15.5 Å². The van der Waals surface area contributed by atoms with Crippen LogP contribution in [0.1, 0.15) is 26.3 Å². The summed E-state index contributed by atoms with van der Waals surface area (Å²) in [6, 6.07) is 13.2. The Kier molecular flexibility index (Phi) is 7.47. The standard InChI is InChI=1S/C21H24N4O4/c1-4-24(5-2)18-11-9-17(10-12-18)23-21(27)20(22-15(3)26)14-16-7-6-8-19(13-16)25(28)29/h6-14H,4-5H2,1-3H3,(H,22,26)(H,23,27). The third kappa shape index (κ3) is 6.17. The summed E-state index contributed by atoms with van der Waals surface area (Å²) in [4.78, 5) is 36.8. The average Bonchev–Trinajstić information content (AvgIpc) is 2.69. The van der Waals surface area contributed by atoms with Gasteiger partial charge in [-0.2, -0.15) is 0 Å². The highest BCUT2D eigenvalue weighted by molar-refractivity contribution is 6.08. The van der Waals surface area contributed by atoms with Crippen LogP contribution in [0.4, 0.5) is 17.1 Å². The Morgan fingerprint density at radius 2 is 1.76 bits per heavy atom. The van der Waals surface area contributed by atoms with Crippen molar-refractivity contribution < 1.29 is 14.5 Å². The van der Waals surface area contributed by atoms with Crippen LogP contribution in [0.15, 0.2) is 54.2 Å². The number of anilines is 2. The van der Waals surface area contributed by atoms with Crippen LogP contribution in [0.3, 0.4) is 0 Å². The molecule has 0 aliphatic heterocycles. The number of hydrogen-bond donors (Lipinski definition) is 2. The van der Waals surface area contributed by atoms with Gasteiger partial charge in [0.25, 0.3) is 11.6 Å². The number of amides is 2. The van der Waals surface area contributed by atoms with Crippen LogP contribution in [0.2, 0.25) is 0 Å². The smallest absolute Gasteiger partial charge is 0.272 e. The predicted molar refractivity (Wildman–Crippen MR) is 114 cm³/mol. The molecule has 0 atom stereocenters. The fraction of sp³-hybridized carbons (Fsp3) is 0.238. The Morgan fingerprint density at radius 3 is 2.31 bits per heavy atom. The molecule has 2 rings (SSSR count). The molecule has 0 aliphatic carbocycles. The van der Waals surface area contributed by atoms with Gasteiger partial charge in [-0.05, 0) is 49.8 Å². The van der Waals surface area contributed by atoms with Crippen LogP contribution in [-0.2, 0) is 9.59 Å². The van der Waals surface area contributed by atoms with Gasteiger partial charge in [0.05, 0.1) is 4.92 Å². The SMILES string of the molecule is CCN(CC)c1ccc(NC(=O)C(=Cc2cccc([N+](=O)[O-])c2)NC(C)=O)cc1. The lowest BCUT2D eigenvalue weighted by atomic mass is 10.1. The quantitative estimate of drug-likeness (QED) is 0.403. The van der Waals surface area contributed by atoms with Crippen LogP contribution in [0, 0.1) is 10.1 Å². The Morgan fingerprint density at radius 1 is 1.10 bits per heavy atom. The van der Waals surface area contributed by atoms with E-state index in [2.05, 4.69) is 29.4 Å². The van der Waals surface area contributed by atoms with E-state index >= 15 is 0 Å². The van der Waals surface area contributed by atoms with Gasteiger partial charge in [0.15, 0.2) is 0 Å². The van der Waals surface area contributed by atoms with Crippen molar-refractivity contribution in [3.05, 3.63) is 69.9 Å². The zero-order chi connectivity index (χ0) is 21.4. The van der Waals surface area contributed by atoms with Crippen molar-refractivity contribution in [2.24, 2.45) is 0 Å². The first kappa shape index (κ1) is 21.6. The summed E-state index contributed by atoms with van der Waals surface area (Å²) in [5.41, 5.74) is 1.93. The molecule has 0 spiro atoms. The van der Waals surface area contributed by atoms with Gasteiger partial charge in [-0.25, -0.2) is 0 Å². The van der Waals surface area contributed by atoms with E-state index in [9.17, 15) is 19.7 Å². The molecule has 0 radical (unpaired) electrons. The average molecular weight is 396 g/mol. The van der Waals surface area contributed by atoms with Gasteiger partial charge in [0.1, 0.15) is 5.70 Å². The number of nitro benzene ring substituents is 1. The first-order valence-corrected chi connectivity index (χ1v) is 9.24. The van der Waals surface area contributed by atoms with E-state index in [-0.39, 0.29) is 11.4 Å². The van der Waals surface area contributed by atoms with Gasteiger partial charge in [-0.1, -0.05) is 12.1 Å². The Bertz CT molecular complexity index is 919. The van der Waals surface area contributed by atoms with E-state index in [1.807, 2.05) is 12.1 Å². The Hall–Kier alpha value is -3.68. The number of rotatable bonds is 8. The summed E-state index contributed by atoms with van der Waals surface area (Å²) in [5.74, 6) is -0.948. The molecule has 8 heteroatoms. The highest BCUT2D eigenvalue weighted by Crippen LogP contribution is 2.19. The molecule has 152 valence electrons. The molecule has 2 aromatic carbocycles. The molecule has 0 unspecified atom stereocenters. The molecule has 0 fully saturated rings. The van der Waals surface area contributed by atoms with E-state index < -0.39 is 16.7 Å². The zero-order valence-corrected chi connectivity index (χ0v) is 16.6. The van der Waals surface area contributed by atoms with Gasteiger partial charge in [-0.15, -0.1) is 0 Å². The Labute approximate surface area is 169 Å². The van der Waals surface area contributed by atoms with Crippen molar-refractivity contribution in [3.8, 4) is 0 Å². The second kappa shape index (κ2) is 10.0. The van der Waals surface area contributed by atoms with E-state index in [4.69, 9.17) is 0 Å². The molecule has 2 N–H and O–H groups in total. The summed E-state index contributed by atoms with van der Waals surface area (Å²) in [5, 5.41) is 16.2. The first-order chi connectivity index (χ1) is 13.8. The molecule has 2 aromatic rings.